The summed E-state index contributed by atoms with van der Waals surface area (Å²) in [4.78, 5) is 20.6. The van der Waals surface area contributed by atoms with Crippen molar-refractivity contribution in [1.82, 2.24) is 20.4 Å². The van der Waals surface area contributed by atoms with E-state index in [1.54, 1.807) is 18.3 Å². The Balaban J connectivity index is 1.47. The summed E-state index contributed by atoms with van der Waals surface area (Å²) in [7, 11) is 0. The first kappa shape index (κ1) is 17.9. The highest BCUT2D eigenvalue weighted by Crippen LogP contribution is 2.25. The van der Waals surface area contributed by atoms with Crippen LogP contribution in [-0.4, -0.2) is 33.5 Å². The van der Waals surface area contributed by atoms with Crippen LogP contribution in [0.3, 0.4) is 0 Å². The predicted octanol–water partition coefficient (Wildman–Crippen LogP) is 2.73. The Morgan fingerprint density at radius 2 is 2.15 bits per heavy atom. The van der Waals surface area contributed by atoms with Crippen molar-refractivity contribution >= 4 is 17.2 Å². The average Bonchev–Trinajstić information content (AvgIpc) is 3.33. The van der Waals surface area contributed by atoms with Gasteiger partial charge in [-0.2, -0.15) is 4.98 Å². The number of fused-ring (bicyclic) bond motifs is 1. The molecule has 0 saturated carbocycles. The summed E-state index contributed by atoms with van der Waals surface area (Å²) in [5.41, 5.74) is 2.48. The van der Waals surface area contributed by atoms with Crippen molar-refractivity contribution in [2.45, 2.75) is 38.9 Å². The van der Waals surface area contributed by atoms with E-state index in [1.807, 2.05) is 18.2 Å². The number of aromatic nitrogens is 2. The molecule has 1 unspecified atom stereocenters. The number of carbonyl (C=O) groups excluding carboxylic acids is 1. The first-order valence-corrected chi connectivity index (χ1v) is 9.97. The summed E-state index contributed by atoms with van der Waals surface area (Å²) < 4.78 is 5.28. The number of nitrogens with zero attached hydrogens (tertiary/aromatic N) is 3. The number of benzene rings is 1. The zero-order chi connectivity index (χ0) is 18.6. The standard InChI is InChI=1S/C20H22N4O2S/c1-14-22-19(26-23-14)13-24-12-16-6-3-2-5-15(16)11-18(24)20(25)21-9-8-17-7-4-10-27-17/h2-7,10,18H,8-9,11-13H2,1H3,(H,21,25). The molecule has 1 aliphatic rings. The lowest BCUT2D eigenvalue weighted by molar-refractivity contribution is -0.127. The third-order valence-corrected chi connectivity index (χ3v) is 5.74. The summed E-state index contributed by atoms with van der Waals surface area (Å²) in [5.74, 6) is 1.21. The maximum absolute atomic E-state index is 12.9. The van der Waals surface area contributed by atoms with Gasteiger partial charge in [-0.1, -0.05) is 35.5 Å². The fraction of sp³-hybridized carbons (Fsp3) is 0.350. The van der Waals surface area contributed by atoms with Gasteiger partial charge >= 0.3 is 0 Å². The van der Waals surface area contributed by atoms with Crippen LogP contribution in [0.2, 0.25) is 0 Å². The van der Waals surface area contributed by atoms with Gasteiger partial charge in [-0.3, -0.25) is 9.69 Å². The second-order valence-electron chi connectivity index (χ2n) is 6.75. The lowest BCUT2D eigenvalue weighted by atomic mass is 9.93. The molecule has 4 rings (SSSR count). The molecule has 0 bridgehead atoms. The molecule has 2 aromatic heterocycles. The third-order valence-electron chi connectivity index (χ3n) is 4.81. The Labute approximate surface area is 162 Å². The quantitative estimate of drug-likeness (QED) is 0.710. The van der Waals surface area contributed by atoms with Crippen LogP contribution in [0, 0.1) is 6.92 Å². The Bertz CT molecular complexity index is 906. The van der Waals surface area contributed by atoms with E-state index in [4.69, 9.17) is 4.52 Å². The van der Waals surface area contributed by atoms with E-state index in [-0.39, 0.29) is 11.9 Å². The summed E-state index contributed by atoms with van der Waals surface area (Å²) in [6, 6.07) is 12.2. The van der Waals surface area contributed by atoms with Gasteiger partial charge in [0.05, 0.1) is 12.6 Å². The number of hydrogen-bond donors (Lipinski definition) is 1. The highest BCUT2D eigenvalue weighted by molar-refractivity contribution is 7.09. The van der Waals surface area contributed by atoms with Crippen LogP contribution >= 0.6 is 11.3 Å². The number of carbonyl (C=O) groups is 1. The molecule has 140 valence electrons. The highest BCUT2D eigenvalue weighted by atomic mass is 32.1. The van der Waals surface area contributed by atoms with E-state index in [0.29, 0.717) is 37.8 Å². The van der Waals surface area contributed by atoms with E-state index < -0.39 is 0 Å². The summed E-state index contributed by atoms with van der Waals surface area (Å²) in [6.45, 7) is 3.61. The Hall–Kier alpha value is -2.51. The van der Waals surface area contributed by atoms with E-state index >= 15 is 0 Å². The van der Waals surface area contributed by atoms with E-state index in [1.165, 1.54) is 16.0 Å². The SMILES string of the molecule is Cc1noc(CN2Cc3ccccc3CC2C(=O)NCCc2cccs2)n1. The largest absolute Gasteiger partial charge is 0.354 e. The monoisotopic (exact) mass is 382 g/mol. The van der Waals surface area contributed by atoms with Crippen molar-refractivity contribution in [3.63, 3.8) is 0 Å². The second kappa shape index (κ2) is 8.02. The summed E-state index contributed by atoms with van der Waals surface area (Å²) in [5, 5.41) is 9.02. The van der Waals surface area contributed by atoms with Crippen molar-refractivity contribution in [2.24, 2.45) is 0 Å². The first-order chi connectivity index (χ1) is 13.2. The van der Waals surface area contributed by atoms with Gasteiger partial charge in [-0.15, -0.1) is 11.3 Å². The topological polar surface area (TPSA) is 71.3 Å². The average molecular weight is 382 g/mol. The minimum atomic E-state index is -0.240. The maximum atomic E-state index is 12.9. The molecule has 1 N–H and O–H groups in total. The smallest absolute Gasteiger partial charge is 0.240 e. The van der Waals surface area contributed by atoms with Crippen LogP contribution in [0.4, 0.5) is 0 Å². The van der Waals surface area contributed by atoms with Crippen molar-refractivity contribution in [3.8, 4) is 0 Å². The number of thiophene rings is 1. The Morgan fingerprint density at radius 1 is 1.30 bits per heavy atom. The van der Waals surface area contributed by atoms with Gasteiger partial charge in [-0.05, 0) is 42.3 Å². The van der Waals surface area contributed by atoms with Gasteiger partial charge in [0.1, 0.15) is 0 Å². The molecule has 0 radical (unpaired) electrons. The molecular weight excluding hydrogens is 360 g/mol. The van der Waals surface area contributed by atoms with E-state index in [0.717, 1.165) is 6.42 Å². The van der Waals surface area contributed by atoms with E-state index in [2.05, 4.69) is 43.9 Å². The van der Waals surface area contributed by atoms with Crippen LogP contribution < -0.4 is 5.32 Å². The predicted molar refractivity (Wildman–Crippen MR) is 103 cm³/mol. The molecular formula is C20H22N4O2S. The molecule has 0 saturated heterocycles. The van der Waals surface area contributed by atoms with Crippen LogP contribution in [0.25, 0.3) is 0 Å². The number of aryl methyl sites for hydroxylation is 1. The van der Waals surface area contributed by atoms with Crippen LogP contribution in [0.1, 0.15) is 27.7 Å². The molecule has 1 aromatic carbocycles. The van der Waals surface area contributed by atoms with E-state index in [9.17, 15) is 4.79 Å². The second-order valence-corrected chi connectivity index (χ2v) is 7.78. The van der Waals surface area contributed by atoms with Gasteiger partial charge in [-0.25, -0.2) is 0 Å². The lowest BCUT2D eigenvalue weighted by Gasteiger charge is -2.35. The zero-order valence-corrected chi connectivity index (χ0v) is 16.0. The number of amides is 1. The van der Waals surface area contributed by atoms with Crippen LogP contribution in [-0.2, 0) is 30.7 Å². The van der Waals surface area contributed by atoms with Crippen LogP contribution in [0.5, 0.6) is 0 Å². The number of nitrogens with one attached hydrogen (secondary N) is 1. The minimum Gasteiger partial charge on any atom is -0.354 e. The van der Waals surface area contributed by atoms with Gasteiger partial charge in [0.15, 0.2) is 5.82 Å². The molecule has 7 heteroatoms. The van der Waals surface area contributed by atoms with Crippen molar-refractivity contribution in [2.75, 3.05) is 6.54 Å². The third kappa shape index (κ3) is 4.26. The molecule has 27 heavy (non-hydrogen) atoms. The molecule has 6 nitrogen and oxygen atoms in total. The number of rotatable bonds is 6. The van der Waals surface area contributed by atoms with Crippen molar-refractivity contribution < 1.29 is 9.32 Å². The van der Waals surface area contributed by atoms with Crippen molar-refractivity contribution in [3.05, 3.63) is 69.5 Å². The normalized spacial score (nSPS) is 16.9. The van der Waals surface area contributed by atoms with Gasteiger partial charge in [0.25, 0.3) is 0 Å². The molecule has 0 fully saturated rings. The Kier molecular flexibility index (Phi) is 5.31. The van der Waals surface area contributed by atoms with Crippen molar-refractivity contribution in [1.29, 1.82) is 0 Å². The molecule has 3 aromatic rings. The van der Waals surface area contributed by atoms with Crippen LogP contribution in [0.15, 0.2) is 46.3 Å². The molecule has 1 aliphatic heterocycles. The first-order valence-electron chi connectivity index (χ1n) is 9.09. The fourth-order valence-corrected chi connectivity index (χ4v) is 4.17. The number of hydrogen-bond acceptors (Lipinski definition) is 6. The fourth-order valence-electron chi connectivity index (χ4n) is 3.46. The lowest BCUT2D eigenvalue weighted by Crippen LogP contribution is -2.50. The van der Waals surface area contributed by atoms with Gasteiger partial charge < -0.3 is 9.84 Å². The summed E-state index contributed by atoms with van der Waals surface area (Å²) >= 11 is 1.72. The molecule has 1 amide bonds. The zero-order valence-electron chi connectivity index (χ0n) is 15.2. The minimum absolute atomic E-state index is 0.0531. The maximum Gasteiger partial charge on any atom is 0.240 e. The summed E-state index contributed by atoms with van der Waals surface area (Å²) in [6.07, 6.45) is 1.55. The Morgan fingerprint density at radius 3 is 2.89 bits per heavy atom. The highest BCUT2D eigenvalue weighted by Gasteiger charge is 2.32. The molecule has 0 spiro atoms. The van der Waals surface area contributed by atoms with Gasteiger partial charge in [0, 0.05) is 18.0 Å². The van der Waals surface area contributed by atoms with Gasteiger partial charge in [0.2, 0.25) is 11.8 Å². The molecule has 1 atom stereocenters. The molecule has 3 heterocycles. The molecule has 0 aliphatic carbocycles.